The zero-order chi connectivity index (χ0) is 25.3. The van der Waals surface area contributed by atoms with Crippen LogP contribution in [0.2, 0.25) is 0 Å². The third-order valence-corrected chi connectivity index (χ3v) is 7.95. The number of sulfonamides is 1. The van der Waals surface area contributed by atoms with Crippen molar-refractivity contribution in [3.8, 4) is 5.75 Å². The number of esters is 1. The molecule has 0 spiro atoms. The normalized spacial score (nSPS) is 16.3. The summed E-state index contributed by atoms with van der Waals surface area (Å²) in [5, 5.41) is 9.60. The standard InChI is InChI=1S/C26H26N2O6S/c1-17-8-13-22(18(2)14-17)25(30)27-16-24(26(31)34-3)28(15-19-6-4-5-7-23(19)27)35(32,33)21-11-9-20(29)10-12-21/h4-14,24,29H,15-16H2,1-3H3. The first kappa shape index (κ1) is 24.4. The number of amides is 1. The molecule has 1 N–H and O–H groups in total. The lowest BCUT2D eigenvalue weighted by molar-refractivity contribution is -0.144. The number of anilines is 1. The van der Waals surface area contributed by atoms with Gasteiger partial charge in [-0.3, -0.25) is 9.59 Å². The molecule has 1 aliphatic heterocycles. The molecule has 0 aromatic heterocycles. The van der Waals surface area contributed by atoms with Crippen molar-refractivity contribution >= 4 is 27.6 Å². The molecule has 3 aromatic carbocycles. The van der Waals surface area contributed by atoms with E-state index in [1.807, 2.05) is 26.0 Å². The summed E-state index contributed by atoms with van der Waals surface area (Å²) in [5.74, 6) is -1.20. The van der Waals surface area contributed by atoms with Gasteiger partial charge in [0.15, 0.2) is 0 Å². The van der Waals surface area contributed by atoms with E-state index in [1.54, 1.807) is 30.3 Å². The Balaban J connectivity index is 1.85. The molecule has 35 heavy (non-hydrogen) atoms. The number of nitrogens with zero attached hydrogens (tertiary/aromatic N) is 2. The molecular formula is C26H26N2O6S. The Kier molecular flexibility index (Phi) is 6.64. The van der Waals surface area contributed by atoms with E-state index in [0.29, 0.717) is 16.8 Å². The van der Waals surface area contributed by atoms with Gasteiger partial charge in [-0.05, 0) is 61.4 Å². The Morgan fingerprint density at radius 2 is 1.69 bits per heavy atom. The second-order valence-corrected chi connectivity index (χ2v) is 10.3. The van der Waals surface area contributed by atoms with E-state index in [0.717, 1.165) is 15.4 Å². The molecule has 1 amide bonds. The van der Waals surface area contributed by atoms with Gasteiger partial charge in [-0.25, -0.2) is 8.42 Å². The zero-order valence-corrected chi connectivity index (χ0v) is 20.5. The van der Waals surface area contributed by atoms with Crippen LogP contribution in [0.5, 0.6) is 5.75 Å². The summed E-state index contributed by atoms with van der Waals surface area (Å²) in [4.78, 5) is 28.0. The van der Waals surface area contributed by atoms with Gasteiger partial charge in [0, 0.05) is 17.8 Å². The molecule has 4 rings (SSSR count). The summed E-state index contributed by atoms with van der Waals surface area (Å²) >= 11 is 0. The molecule has 3 aromatic rings. The van der Waals surface area contributed by atoms with Crippen LogP contribution in [0.4, 0.5) is 5.69 Å². The molecule has 0 saturated heterocycles. The van der Waals surface area contributed by atoms with E-state index < -0.39 is 22.0 Å². The molecule has 0 bridgehead atoms. The second kappa shape index (κ2) is 9.52. The number of carbonyl (C=O) groups is 2. The largest absolute Gasteiger partial charge is 0.508 e. The van der Waals surface area contributed by atoms with Crippen molar-refractivity contribution in [3.63, 3.8) is 0 Å². The van der Waals surface area contributed by atoms with Crippen LogP contribution >= 0.6 is 0 Å². The number of para-hydroxylation sites is 1. The number of carbonyl (C=O) groups excluding carboxylic acids is 2. The molecule has 9 heteroatoms. The van der Waals surface area contributed by atoms with Crippen LogP contribution in [0, 0.1) is 13.8 Å². The Bertz CT molecular complexity index is 1390. The highest BCUT2D eigenvalue weighted by molar-refractivity contribution is 7.89. The maximum absolute atomic E-state index is 13.7. The Hall–Kier alpha value is -3.69. The number of phenolic OH excluding ortho intramolecular Hbond substituents is 1. The summed E-state index contributed by atoms with van der Waals surface area (Å²) in [6.45, 7) is 3.40. The molecule has 1 heterocycles. The number of aryl methyl sites for hydroxylation is 2. The van der Waals surface area contributed by atoms with Crippen LogP contribution in [0.1, 0.15) is 27.0 Å². The van der Waals surface area contributed by atoms with Crippen LogP contribution in [-0.2, 0) is 26.1 Å². The maximum Gasteiger partial charge on any atom is 0.326 e. The topological polar surface area (TPSA) is 104 Å². The molecule has 0 saturated carbocycles. The van der Waals surface area contributed by atoms with Crippen molar-refractivity contribution < 1.29 is 27.9 Å². The van der Waals surface area contributed by atoms with Gasteiger partial charge in [-0.1, -0.05) is 35.9 Å². The Morgan fingerprint density at radius 1 is 1.00 bits per heavy atom. The molecule has 0 fully saturated rings. The maximum atomic E-state index is 13.7. The van der Waals surface area contributed by atoms with E-state index >= 15 is 0 Å². The summed E-state index contributed by atoms with van der Waals surface area (Å²) < 4.78 is 33.4. The third kappa shape index (κ3) is 4.65. The third-order valence-electron chi connectivity index (χ3n) is 6.09. The molecular weight excluding hydrogens is 468 g/mol. The zero-order valence-electron chi connectivity index (χ0n) is 19.6. The highest BCUT2D eigenvalue weighted by Gasteiger charge is 2.42. The molecule has 1 atom stereocenters. The predicted molar refractivity (Wildman–Crippen MR) is 131 cm³/mol. The minimum absolute atomic E-state index is 0.0834. The summed E-state index contributed by atoms with van der Waals surface area (Å²) in [6, 6.07) is 16.2. The van der Waals surface area contributed by atoms with E-state index in [1.165, 1.54) is 36.3 Å². The highest BCUT2D eigenvalue weighted by Crippen LogP contribution is 2.33. The summed E-state index contributed by atoms with van der Waals surface area (Å²) in [7, 11) is -3.01. The average Bonchev–Trinajstić information content (AvgIpc) is 3.01. The number of aromatic hydroxyl groups is 1. The lowest BCUT2D eigenvalue weighted by Crippen LogP contribution is -2.50. The molecule has 1 unspecified atom stereocenters. The summed E-state index contributed by atoms with van der Waals surface area (Å²) in [5.41, 5.74) is 3.34. The minimum Gasteiger partial charge on any atom is -0.508 e. The summed E-state index contributed by atoms with van der Waals surface area (Å²) in [6.07, 6.45) is 0. The van der Waals surface area contributed by atoms with E-state index in [9.17, 15) is 23.1 Å². The number of rotatable bonds is 4. The van der Waals surface area contributed by atoms with Crippen molar-refractivity contribution in [1.82, 2.24) is 4.31 Å². The monoisotopic (exact) mass is 494 g/mol. The van der Waals surface area contributed by atoms with Gasteiger partial charge in [-0.2, -0.15) is 4.31 Å². The first-order valence-electron chi connectivity index (χ1n) is 11.0. The number of hydrogen-bond acceptors (Lipinski definition) is 6. The highest BCUT2D eigenvalue weighted by atomic mass is 32.2. The fraction of sp³-hybridized carbons (Fsp3) is 0.231. The smallest absolute Gasteiger partial charge is 0.326 e. The molecule has 0 aliphatic carbocycles. The van der Waals surface area contributed by atoms with Gasteiger partial charge in [0.05, 0.1) is 18.6 Å². The predicted octanol–water partition coefficient (Wildman–Crippen LogP) is 3.40. The fourth-order valence-corrected chi connectivity index (χ4v) is 5.82. The van der Waals surface area contributed by atoms with E-state index in [-0.39, 0.29) is 29.6 Å². The average molecular weight is 495 g/mol. The van der Waals surface area contributed by atoms with E-state index in [2.05, 4.69) is 0 Å². The second-order valence-electron chi connectivity index (χ2n) is 8.45. The number of ether oxygens (including phenoxy) is 1. The van der Waals surface area contributed by atoms with Gasteiger partial charge in [0.2, 0.25) is 10.0 Å². The first-order chi connectivity index (χ1) is 16.6. The quantitative estimate of drug-likeness (QED) is 0.558. The number of methoxy groups -OCH3 is 1. The van der Waals surface area contributed by atoms with Gasteiger partial charge < -0.3 is 14.7 Å². The van der Waals surface area contributed by atoms with Crippen LogP contribution in [-0.4, -0.2) is 49.4 Å². The van der Waals surface area contributed by atoms with Crippen molar-refractivity contribution in [3.05, 3.63) is 89.0 Å². The van der Waals surface area contributed by atoms with Crippen molar-refractivity contribution in [2.75, 3.05) is 18.6 Å². The van der Waals surface area contributed by atoms with E-state index in [4.69, 9.17) is 4.74 Å². The van der Waals surface area contributed by atoms with Crippen molar-refractivity contribution in [1.29, 1.82) is 0 Å². The Morgan fingerprint density at radius 3 is 2.34 bits per heavy atom. The van der Waals surface area contributed by atoms with Gasteiger partial charge in [0.25, 0.3) is 5.91 Å². The fourth-order valence-electron chi connectivity index (χ4n) is 4.27. The molecule has 0 radical (unpaired) electrons. The van der Waals surface area contributed by atoms with Crippen LogP contribution in [0.15, 0.2) is 71.6 Å². The van der Waals surface area contributed by atoms with Crippen LogP contribution in [0.25, 0.3) is 0 Å². The molecule has 1 aliphatic rings. The number of phenols is 1. The SMILES string of the molecule is COC(=O)C1CN(C(=O)c2ccc(C)cc2C)c2ccccc2CN1S(=O)(=O)c1ccc(O)cc1. The van der Waals surface area contributed by atoms with Crippen molar-refractivity contribution in [2.45, 2.75) is 31.3 Å². The lowest BCUT2D eigenvalue weighted by Gasteiger charge is -2.29. The van der Waals surface area contributed by atoms with Crippen LogP contribution < -0.4 is 4.90 Å². The minimum atomic E-state index is -4.19. The number of hydrogen-bond donors (Lipinski definition) is 1. The first-order valence-corrected chi connectivity index (χ1v) is 12.4. The van der Waals surface area contributed by atoms with Crippen LogP contribution in [0.3, 0.4) is 0 Å². The number of benzene rings is 3. The van der Waals surface area contributed by atoms with Gasteiger partial charge >= 0.3 is 5.97 Å². The number of fused-ring (bicyclic) bond motifs is 1. The molecule has 8 nitrogen and oxygen atoms in total. The van der Waals surface area contributed by atoms with Gasteiger partial charge in [-0.15, -0.1) is 0 Å². The van der Waals surface area contributed by atoms with Crippen molar-refractivity contribution in [2.24, 2.45) is 0 Å². The van der Waals surface area contributed by atoms with Gasteiger partial charge in [0.1, 0.15) is 11.8 Å². The lowest BCUT2D eigenvalue weighted by atomic mass is 10.0. The molecule has 182 valence electrons. The Labute approximate surface area is 204 Å².